The third kappa shape index (κ3) is 5.28. The van der Waals surface area contributed by atoms with Crippen molar-refractivity contribution >= 4 is 29.2 Å². The van der Waals surface area contributed by atoms with Crippen LogP contribution in [0.1, 0.15) is 39.2 Å². The summed E-state index contributed by atoms with van der Waals surface area (Å²) in [6.45, 7) is 5.14. The second-order valence-corrected chi connectivity index (χ2v) is 7.65. The maximum Gasteiger partial charge on any atom is 0.267 e. The fourth-order valence-corrected chi connectivity index (χ4v) is 3.52. The number of thiophene rings is 1. The molecule has 1 aromatic carbocycles. The zero-order valence-corrected chi connectivity index (χ0v) is 16.4. The highest BCUT2D eigenvalue weighted by Gasteiger charge is 2.19. The SMILES string of the molecule is Cc1ccc(C(=O)NC(=Cc2cccs2)C(=O)NCC2CCCO2)cc1C. The lowest BCUT2D eigenvalue weighted by Crippen LogP contribution is -2.38. The second-order valence-electron chi connectivity index (χ2n) is 6.67. The second kappa shape index (κ2) is 8.97. The van der Waals surface area contributed by atoms with E-state index in [0.717, 1.165) is 35.5 Å². The van der Waals surface area contributed by atoms with E-state index in [9.17, 15) is 9.59 Å². The summed E-state index contributed by atoms with van der Waals surface area (Å²) in [5.41, 5.74) is 2.92. The van der Waals surface area contributed by atoms with Gasteiger partial charge in [0, 0.05) is 23.6 Å². The minimum absolute atomic E-state index is 0.0485. The van der Waals surface area contributed by atoms with E-state index in [4.69, 9.17) is 4.74 Å². The van der Waals surface area contributed by atoms with E-state index in [1.54, 1.807) is 12.1 Å². The van der Waals surface area contributed by atoms with Gasteiger partial charge in [0.05, 0.1) is 6.10 Å². The van der Waals surface area contributed by atoms with Gasteiger partial charge in [0.25, 0.3) is 11.8 Å². The lowest BCUT2D eigenvalue weighted by Gasteiger charge is -2.14. The monoisotopic (exact) mass is 384 g/mol. The van der Waals surface area contributed by atoms with E-state index < -0.39 is 0 Å². The van der Waals surface area contributed by atoms with Crippen LogP contribution in [0.15, 0.2) is 41.4 Å². The average molecular weight is 385 g/mol. The molecule has 2 N–H and O–H groups in total. The van der Waals surface area contributed by atoms with Gasteiger partial charge in [0.1, 0.15) is 5.70 Å². The van der Waals surface area contributed by atoms with Gasteiger partial charge in [-0.15, -0.1) is 11.3 Å². The molecule has 2 heterocycles. The molecule has 6 heteroatoms. The third-order valence-corrected chi connectivity index (χ3v) is 5.43. The molecule has 1 aliphatic heterocycles. The number of ether oxygens (including phenoxy) is 1. The molecule has 27 heavy (non-hydrogen) atoms. The smallest absolute Gasteiger partial charge is 0.267 e. The van der Waals surface area contributed by atoms with Crippen LogP contribution in [0, 0.1) is 13.8 Å². The topological polar surface area (TPSA) is 67.4 Å². The highest BCUT2D eigenvalue weighted by atomic mass is 32.1. The summed E-state index contributed by atoms with van der Waals surface area (Å²) in [6.07, 6.45) is 3.71. The molecule has 1 aliphatic rings. The quantitative estimate of drug-likeness (QED) is 0.750. The lowest BCUT2D eigenvalue weighted by atomic mass is 10.1. The van der Waals surface area contributed by atoms with Crippen LogP contribution < -0.4 is 10.6 Å². The first-order valence-corrected chi connectivity index (χ1v) is 9.94. The molecule has 5 nitrogen and oxygen atoms in total. The number of benzene rings is 1. The van der Waals surface area contributed by atoms with E-state index in [-0.39, 0.29) is 23.6 Å². The predicted molar refractivity (Wildman–Crippen MR) is 108 cm³/mol. The molecular weight excluding hydrogens is 360 g/mol. The molecule has 1 saturated heterocycles. The molecule has 0 radical (unpaired) electrons. The minimum Gasteiger partial charge on any atom is -0.376 e. The van der Waals surface area contributed by atoms with Gasteiger partial charge in [-0.25, -0.2) is 0 Å². The van der Waals surface area contributed by atoms with Gasteiger partial charge in [0.2, 0.25) is 0 Å². The van der Waals surface area contributed by atoms with Gasteiger partial charge >= 0.3 is 0 Å². The van der Waals surface area contributed by atoms with Gasteiger partial charge in [-0.1, -0.05) is 12.1 Å². The molecule has 2 aromatic rings. The number of hydrogen-bond acceptors (Lipinski definition) is 4. The van der Waals surface area contributed by atoms with Crippen LogP contribution in [-0.2, 0) is 9.53 Å². The molecule has 142 valence electrons. The molecule has 1 atom stereocenters. The number of carbonyl (C=O) groups is 2. The predicted octanol–water partition coefficient (Wildman–Crippen LogP) is 3.43. The number of amides is 2. The molecule has 3 rings (SSSR count). The van der Waals surface area contributed by atoms with Crippen molar-refractivity contribution < 1.29 is 14.3 Å². The summed E-state index contributed by atoms with van der Waals surface area (Å²) in [4.78, 5) is 26.2. The first-order valence-electron chi connectivity index (χ1n) is 9.06. The van der Waals surface area contributed by atoms with Gasteiger partial charge in [0.15, 0.2) is 0 Å². The van der Waals surface area contributed by atoms with Crippen LogP contribution in [0.3, 0.4) is 0 Å². The molecule has 1 fully saturated rings. The Balaban J connectivity index is 1.73. The first kappa shape index (κ1) is 19.3. The van der Waals surface area contributed by atoms with Crippen LogP contribution in [0.5, 0.6) is 0 Å². The van der Waals surface area contributed by atoms with Crippen LogP contribution in [0.2, 0.25) is 0 Å². The Hall–Kier alpha value is -2.44. The molecule has 1 aromatic heterocycles. The van der Waals surface area contributed by atoms with Crippen molar-refractivity contribution in [2.45, 2.75) is 32.8 Å². The first-order chi connectivity index (χ1) is 13.0. The Bertz CT molecular complexity index is 837. The maximum absolute atomic E-state index is 12.7. The summed E-state index contributed by atoms with van der Waals surface area (Å²) in [5.74, 6) is -0.607. The molecule has 0 aliphatic carbocycles. The van der Waals surface area contributed by atoms with Crippen LogP contribution >= 0.6 is 11.3 Å². The highest BCUT2D eigenvalue weighted by Crippen LogP contribution is 2.15. The van der Waals surface area contributed by atoms with Gasteiger partial charge in [-0.2, -0.15) is 0 Å². The fraction of sp³-hybridized carbons (Fsp3) is 0.333. The molecule has 0 spiro atoms. The number of aryl methyl sites for hydroxylation is 2. The number of hydrogen-bond donors (Lipinski definition) is 2. The van der Waals surface area contributed by atoms with Crippen molar-refractivity contribution in [3.8, 4) is 0 Å². The van der Waals surface area contributed by atoms with E-state index in [1.807, 2.05) is 43.5 Å². The van der Waals surface area contributed by atoms with Gasteiger partial charge in [-0.3, -0.25) is 9.59 Å². The average Bonchev–Trinajstić information content (AvgIpc) is 3.35. The number of rotatable bonds is 6. The largest absolute Gasteiger partial charge is 0.376 e. The summed E-state index contributed by atoms with van der Waals surface area (Å²) in [7, 11) is 0. The van der Waals surface area contributed by atoms with Crippen molar-refractivity contribution in [1.29, 1.82) is 0 Å². The highest BCUT2D eigenvalue weighted by molar-refractivity contribution is 7.10. The van der Waals surface area contributed by atoms with Crippen molar-refractivity contribution in [2.24, 2.45) is 0 Å². The fourth-order valence-electron chi connectivity index (χ4n) is 2.86. The summed E-state index contributed by atoms with van der Waals surface area (Å²) in [6, 6.07) is 9.32. The van der Waals surface area contributed by atoms with E-state index in [2.05, 4.69) is 10.6 Å². The van der Waals surface area contributed by atoms with E-state index in [0.29, 0.717) is 12.1 Å². The minimum atomic E-state index is -0.309. The van der Waals surface area contributed by atoms with Crippen molar-refractivity contribution in [3.63, 3.8) is 0 Å². The molecule has 1 unspecified atom stereocenters. The van der Waals surface area contributed by atoms with Crippen LogP contribution in [0.4, 0.5) is 0 Å². The zero-order valence-electron chi connectivity index (χ0n) is 15.6. The Labute approximate surface area is 163 Å². The van der Waals surface area contributed by atoms with E-state index in [1.165, 1.54) is 11.3 Å². The van der Waals surface area contributed by atoms with Crippen molar-refractivity contribution in [1.82, 2.24) is 10.6 Å². The van der Waals surface area contributed by atoms with Crippen molar-refractivity contribution in [3.05, 3.63) is 63.0 Å². The maximum atomic E-state index is 12.7. The lowest BCUT2D eigenvalue weighted by molar-refractivity contribution is -0.118. The Morgan fingerprint density at radius 1 is 1.26 bits per heavy atom. The number of nitrogens with one attached hydrogen (secondary N) is 2. The Kier molecular flexibility index (Phi) is 6.42. The standard InChI is InChI=1S/C21H24N2O3S/c1-14-7-8-16(11-15(14)2)20(24)23-19(12-18-6-4-10-27-18)21(25)22-13-17-5-3-9-26-17/h4,6-8,10-12,17H,3,5,9,13H2,1-2H3,(H,22,25)(H,23,24). The van der Waals surface area contributed by atoms with Crippen LogP contribution in [0.25, 0.3) is 6.08 Å². The Morgan fingerprint density at radius 3 is 2.78 bits per heavy atom. The Morgan fingerprint density at radius 2 is 2.11 bits per heavy atom. The van der Waals surface area contributed by atoms with Gasteiger partial charge in [-0.05, 0) is 67.5 Å². The zero-order chi connectivity index (χ0) is 19.2. The van der Waals surface area contributed by atoms with Crippen LogP contribution in [-0.4, -0.2) is 31.1 Å². The van der Waals surface area contributed by atoms with E-state index >= 15 is 0 Å². The molecule has 2 amide bonds. The third-order valence-electron chi connectivity index (χ3n) is 4.61. The molecule has 0 bridgehead atoms. The summed E-state index contributed by atoms with van der Waals surface area (Å²) < 4.78 is 5.54. The van der Waals surface area contributed by atoms with Crippen molar-refractivity contribution in [2.75, 3.05) is 13.2 Å². The van der Waals surface area contributed by atoms with Gasteiger partial charge < -0.3 is 15.4 Å². The summed E-state index contributed by atoms with van der Waals surface area (Å²) >= 11 is 1.51. The summed E-state index contributed by atoms with van der Waals surface area (Å²) in [5, 5.41) is 7.57. The molecular formula is C21H24N2O3S. The number of carbonyl (C=O) groups excluding carboxylic acids is 2. The normalized spacial score (nSPS) is 17.0. The molecule has 0 saturated carbocycles.